The number of rotatable bonds is 3. The third kappa shape index (κ3) is 1.98. The second-order valence-electron chi connectivity index (χ2n) is 4.90. The first-order valence-corrected chi connectivity index (χ1v) is 6.71. The number of pyridine rings is 1. The molecule has 1 aromatic heterocycles. The molecule has 0 saturated carbocycles. The largest absolute Gasteiger partial charge is 0.372 e. The molecule has 1 unspecified atom stereocenters. The number of hydrogen-bond acceptors (Lipinski definition) is 4. The Balaban J connectivity index is 2.21. The average Bonchev–Trinajstić information content (AvgIpc) is 3.03. The molecule has 102 valence electrons. The molecule has 4 heteroatoms. The van der Waals surface area contributed by atoms with Gasteiger partial charge in [0.2, 0.25) is 0 Å². The SMILES string of the molecule is Cc1cccnc1C(O)(C1=NCCN1)c1ccccc1. The maximum absolute atomic E-state index is 11.4. The van der Waals surface area contributed by atoms with Crippen LogP contribution in [-0.2, 0) is 5.60 Å². The molecule has 2 heterocycles. The lowest BCUT2D eigenvalue weighted by Crippen LogP contribution is -2.44. The predicted molar refractivity (Wildman–Crippen MR) is 78.7 cm³/mol. The zero-order valence-electron chi connectivity index (χ0n) is 11.4. The van der Waals surface area contributed by atoms with Crippen molar-refractivity contribution in [3.63, 3.8) is 0 Å². The molecule has 0 bridgehead atoms. The summed E-state index contributed by atoms with van der Waals surface area (Å²) in [6.07, 6.45) is 1.70. The molecule has 0 amide bonds. The molecule has 2 aromatic rings. The van der Waals surface area contributed by atoms with E-state index in [9.17, 15) is 5.11 Å². The van der Waals surface area contributed by atoms with Gasteiger partial charge in [0.25, 0.3) is 0 Å². The van der Waals surface area contributed by atoms with Crippen LogP contribution in [0.1, 0.15) is 16.8 Å². The van der Waals surface area contributed by atoms with Crippen molar-refractivity contribution >= 4 is 5.84 Å². The van der Waals surface area contributed by atoms with Crippen LogP contribution in [-0.4, -0.2) is 29.0 Å². The van der Waals surface area contributed by atoms with Crippen LogP contribution >= 0.6 is 0 Å². The normalized spacial score (nSPS) is 17.2. The van der Waals surface area contributed by atoms with Gasteiger partial charge in [0.15, 0.2) is 5.60 Å². The third-order valence-corrected chi connectivity index (χ3v) is 3.56. The van der Waals surface area contributed by atoms with Crippen molar-refractivity contribution in [1.29, 1.82) is 0 Å². The molecule has 2 N–H and O–H groups in total. The van der Waals surface area contributed by atoms with Crippen LogP contribution in [0.5, 0.6) is 0 Å². The average molecular weight is 267 g/mol. The molecule has 4 nitrogen and oxygen atoms in total. The standard InChI is InChI=1S/C16H17N3O/c1-12-6-5-9-17-14(12)16(20,15-18-10-11-19-15)13-7-3-2-4-8-13/h2-9,20H,10-11H2,1H3,(H,18,19). The summed E-state index contributed by atoms with van der Waals surface area (Å²) in [6.45, 7) is 3.37. The van der Waals surface area contributed by atoms with E-state index >= 15 is 0 Å². The van der Waals surface area contributed by atoms with Crippen molar-refractivity contribution in [2.75, 3.05) is 13.1 Å². The van der Waals surface area contributed by atoms with Gasteiger partial charge in [-0.25, -0.2) is 0 Å². The summed E-state index contributed by atoms with van der Waals surface area (Å²) in [5, 5.41) is 14.6. The Labute approximate surface area is 118 Å². The highest BCUT2D eigenvalue weighted by Crippen LogP contribution is 2.31. The Bertz CT molecular complexity index is 639. The molecular weight excluding hydrogens is 250 g/mol. The molecule has 1 aliphatic rings. The van der Waals surface area contributed by atoms with Gasteiger partial charge in [0.1, 0.15) is 5.84 Å². The Morgan fingerprint density at radius 3 is 2.60 bits per heavy atom. The van der Waals surface area contributed by atoms with E-state index in [0.29, 0.717) is 18.1 Å². The van der Waals surface area contributed by atoms with Crippen LogP contribution in [0.4, 0.5) is 0 Å². The minimum absolute atomic E-state index is 0.575. The molecule has 0 saturated heterocycles. The fraction of sp³-hybridized carbons (Fsp3) is 0.250. The summed E-state index contributed by atoms with van der Waals surface area (Å²) >= 11 is 0. The first kappa shape index (κ1) is 12.8. The van der Waals surface area contributed by atoms with Gasteiger partial charge in [-0.15, -0.1) is 0 Å². The summed E-state index contributed by atoms with van der Waals surface area (Å²) in [6, 6.07) is 13.4. The van der Waals surface area contributed by atoms with Crippen molar-refractivity contribution in [1.82, 2.24) is 10.3 Å². The lowest BCUT2D eigenvalue weighted by atomic mass is 9.86. The van der Waals surface area contributed by atoms with Crippen molar-refractivity contribution in [3.05, 3.63) is 65.5 Å². The van der Waals surface area contributed by atoms with Gasteiger partial charge < -0.3 is 10.4 Å². The fourth-order valence-electron chi connectivity index (χ4n) is 2.57. The number of aliphatic hydroxyl groups is 1. The van der Waals surface area contributed by atoms with Crippen LogP contribution in [0.3, 0.4) is 0 Å². The molecule has 3 rings (SSSR count). The van der Waals surface area contributed by atoms with Gasteiger partial charge in [0, 0.05) is 12.7 Å². The molecule has 1 aromatic carbocycles. The van der Waals surface area contributed by atoms with E-state index in [1.807, 2.05) is 49.4 Å². The molecule has 1 atom stereocenters. The Hall–Kier alpha value is -2.20. The Kier molecular flexibility index (Phi) is 3.24. The van der Waals surface area contributed by atoms with Crippen molar-refractivity contribution in [2.24, 2.45) is 4.99 Å². The van der Waals surface area contributed by atoms with E-state index in [0.717, 1.165) is 17.7 Å². The number of hydrogen-bond donors (Lipinski definition) is 2. The smallest absolute Gasteiger partial charge is 0.189 e. The summed E-state index contributed by atoms with van der Waals surface area (Å²) in [4.78, 5) is 8.82. The molecule has 0 spiro atoms. The van der Waals surface area contributed by atoms with E-state index in [1.54, 1.807) is 6.20 Å². The lowest BCUT2D eigenvalue weighted by Gasteiger charge is -2.29. The summed E-state index contributed by atoms with van der Waals surface area (Å²) in [7, 11) is 0. The number of nitrogens with one attached hydrogen (secondary N) is 1. The number of aliphatic imine (C=N–C) groups is 1. The quantitative estimate of drug-likeness (QED) is 0.888. The second kappa shape index (κ2) is 5.06. The van der Waals surface area contributed by atoms with Crippen LogP contribution in [0.25, 0.3) is 0 Å². The zero-order chi connectivity index (χ0) is 14.0. The highest BCUT2D eigenvalue weighted by molar-refractivity contribution is 5.95. The third-order valence-electron chi connectivity index (χ3n) is 3.56. The van der Waals surface area contributed by atoms with Crippen LogP contribution in [0, 0.1) is 6.92 Å². The van der Waals surface area contributed by atoms with Crippen LogP contribution in [0.2, 0.25) is 0 Å². The topological polar surface area (TPSA) is 57.5 Å². The van der Waals surface area contributed by atoms with Gasteiger partial charge >= 0.3 is 0 Å². The van der Waals surface area contributed by atoms with E-state index in [1.165, 1.54) is 0 Å². The summed E-state index contributed by atoms with van der Waals surface area (Å²) < 4.78 is 0. The number of aromatic nitrogens is 1. The minimum atomic E-state index is -1.32. The van der Waals surface area contributed by atoms with Crippen LogP contribution in [0.15, 0.2) is 53.7 Å². The number of benzene rings is 1. The van der Waals surface area contributed by atoms with E-state index < -0.39 is 5.60 Å². The van der Waals surface area contributed by atoms with Crippen molar-refractivity contribution < 1.29 is 5.11 Å². The number of amidine groups is 1. The number of aryl methyl sites for hydroxylation is 1. The molecule has 0 aliphatic carbocycles. The van der Waals surface area contributed by atoms with E-state index in [4.69, 9.17) is 0 Å². The van der Waals surface area contributed by atoms with E-state index in [-0.39, 0.29) is 0 Å². The highest BCUT2D eigenvalue weighted by atomic mass is 16.3. The summed E-state index contributed by atoms with van der Waals surface area (Å²) in [5.74, 6) is 0.575. The highest BCUT2D eigenvalue weighted by Gasteiger charge is 2.41. The summed E-state index contributed by atoms with van der Waals surface area (Å²) in [5.41, 5.74) is 1.02. The molecule has 20 heavy (non-hydrogen) atoms. The fourth-order valence-corrected chi connectivity index (χ4v) is 2.57. The van der Waals surface area contributed by atoms with Crippen LogP contribution < -0.4 is 5.32 Å². The predicted octanol–water partition coefficient (Wildman–Crippen LogP) is 1.63. The lowest BCUT2D eigenvalue weighted by molar-refractivity contribution is 0.147. The Morgan fingerprint density at radius 1 is 1.15 bits per heavy atom. The first-order chi connectivity index (χ1) is 9.73. The van der Waals surface area contributed by atoms with Gasteiger partial charge in [-0.05, 0) is 24.1 Å². The molecule has 1 aliphatic heterocycles. The van der Waals surface area contributed by atoms with Crippen molar-refractivity contribution in [2.45, 2.75) is 12.5 Å². The monoisotopic (exact) mass is 267 g/mol. The number of nitrogens with zero attached hydrogens (tertiary/aromatic N) is 2. The van der Waals surface area contributed by atoms with Gasteiger partial charge in [-0.1, -0.05) is 36.4 Å². The maximum Gasteiger partial charge on any atom is 0.189 e. The molecular formula is C16H17N3O. The maximum atomic E-state index is 11.4. The minimum Gasteiger partial charge on any atom is -0.372 e. The van der Waals surface area contributed by atoms with Crippen molar-refractivity contribution in [3.8, 4) is 0 Å². The zero-order valence-corrected chi connectivity index (χ0v) is 11.4. The van der Waals surface area contributed by atoms with Gasteiger partial charge in [0.05, 0.1) is 12.2 Å². The Morgan fingerprint density at radius 2 is 1.95 bits per heavy atom. The van der Waals surface area contributed by atoms with Gasteiger partial charge in [-0.3, -0.25) is 9.98 Å². The van der Waals surface area contributed by atoms with Gasteiger partial charge in [-0.2, -0.15) is 0 Å². The molecule has 0 fully saturated rings. The van der Waals surface area contributed by atoms with E-state index in [2.05, 4.69) is 15.3 Å². The first-order valence-electron chi connectivity index (χ1n) is 6.71. The second-order valence-corrected chi connectivity index (χ2v) is 4.90. The molecule has 0 radical (unpaired) electrons.